The van der Waals surface area contributed by atoms with Crippen LogP contribution in [0.4, 0.5) is 4.39 Å². The molecule has 0 amide bonds. The number of carboxylic acid groups (broad SMARTS) is 1. The molecule has 1 aliphatic carbocycles. The molecule has 3 aromatic carbocycles. The van der Waals surface area contributed by atoms with Crippen molar-refractivity contribution in [1.29, 1.82) is 0 Å². The maximum atomic E-state index is 14.7. The Labute approximate surface area is 194 Å². The van der Waals surface area contributed by atoms with E-state index in [0.29, 0.717) is 17.9 Å². The Hall–Kier alpha value is -3.34. The quantitative estimate of drug-likeness (QED) is 0.449. The van der Waals surface area contributed by atoms with Crippen molar-refractivity contribution in [2.24, 2.45) is 0 Å². The molecule has 0 aliphatic heterocycles. The van der Waals surface area contributed by atoms with E-state index in [1.807, 2.05) is 30.3 Å². The highest BCUT2D eigenvalue weighted by molar-refractivity contribution is 5.71. The molecule has 0 bridgehead atoms. The van der Waals surface area contributed by atoms with Gasteiger partial charge in [-0.05, 0) is 75.9 Å². The number of carboxylic acids is 1. The zero-order valence-corrected chi connectivity index (χ0v) is 19.4. The largest absolute Gasteiger partial charge is 0.497 e. The number of benzene rings is 3. The summed E-state index contributed by atoms with van der Waals surface area (Å²) in [5, 5.41) is 9.08. The lowest BCUT2D eigenvalue weighted by Crippen LogP contribution is -2.20. The van der Waals surface area contributed by atoms with Crippen molar-refractivity contribution in [2.75, 3.05) is 7.11 Å². The summed E-state index contributed by atoms with van der Waals surface area (Å²) in [7, 11) is 1.57. The minimum Gasteiger partial charge on any atom is -0.497 e. The number of rotatable bonds is 7. The molecule has 33 heavy (non-hydrogen) atoms. The van der Waals surface area contributed by atoms with Gasteiger partial charge in [-0.1, -0.05) is 45.0 Å². The zero-order valence-electron chi connectivity index (χ0n) is 19.4. The minimum absolute atomic E-state index is 0.0607. The molecule has 0 unspecified atom stereocenters. The van der Waals surface area contributed by atoms with Crippen LogP contribution in [0, 0.1) is 5.82 Å². The maximum Gasteiger partial charge on any atom is 0.303 e. The van der Waals surface area contributed by atoms with Gasteiger partial charge in [0.15, 0.2) is 0 Å². The van der Waals surface area contributed by atoms with Gasteiger partial charge in [-0.2, -0.15) is 0 Å². The van der Waals surface area contributed by atoms with Crippen molar-refractivity contribution in [1.82, 2.24) is 0 Å². The summed E-state index contributed by atoms with van der Waals surface area (Å²) in [5.74, 6) is 0.331. The predicted octanol–water partition coefficient (Wildman–Crippen LogP) is 6.49. The van der Waals surface area contributed by atoms with Crippen molar-refractivity contribution in [3.05, 3.63) is 82.7 Å². The van der Waals surface area contributed by atoms with Gasteiger partial charge in [-0.3, -0.25) is 4.79 Å². The van der Waals surface area contributed by atoms with E-state index in [1.165, 1.54) is 11.6 Å². The lowest BCUT2D eigenvalue weighted by molar-refractivity contribution is -0.137. The van der Waals surface area contributed by atoms with E-state index in [0.717, 1.165) is 34.4 Å². The summed E-state index contributed by atoms with van der Waals surface area (Å²) in [4.78, 5) is 11.0. The highest BCUT2D eigenvalue weighted by Crippen LogP contribution is 2.40. The van der Waals surface area contributed by atoms with Gasteiger partial charge in [0.1, 0.15) is 23.9 Å². The van der Waals surface area contributed by atoms with Crippen LogP contribution in [0.3, 0.4) is 0 Å². The first-order chi connectivity index (χ1) is 15.7. The lowest BCUT2D eigenvalue weighted by Gasteiger charge is -2.29. The lowest BCUT2D eigenvalue weighted by atomic mass is 9.76. The van der Waals surface area contributed by atoms with Crippen LogP contribution in [0.5, 0.6) is 11.5 Å². The van der Waals surface area contributed by atoms with Gasteiger partial charge in [-0.25, -0.2) is 4.39 Å². The average molecular weight is 449 g/mol. The number of hydrogen-bond donors (Lipinski definition) is 1. The Balaban J connectivity index is 1.58. The van der Waals surface area contributed by atoms with Gasteiger partial charge in [0.05, 0.1) is 13.5 Å². The second-order valence-corrected chi connectivity index (χ2v) is 9.62. The smallest absolute Gasteiger partial charge is 0.303 e. The molecule has 0 heterocycles. The summed E-state index contributed by atoms with van der Waals surface area (Å²) in [6.45, 7) is 6.68. The zero-order chi connectivity index (χ0) is 23.8. The molecule has 1 aliphatic rings. The normalized spacial score (nSPS) is 14.9. The molecule has 1 N–H and O–H groups in total. The van der Waals surface area contributed by atoms with Gasteiger partial charge in [0, 0.05) is 5.56 Å². The number of hydrogen-bond acceptors (Lipinski definition) is 3. The molecule has 0 fully saturated rings. The fourth-order valence-electron chi connectivity index (χ4n) is 4.41. The van der Waals surface area contributed by atoms with Crippen LogP contribution < -0.4 is 9.47 Å². The fourth-order valence-corrected chi connectivity index (χ4v) is 4.41. The van der Waals surface area contributed by atoms with E-state index in [4.69, 9.17) is 14.6 Å². The molecule has 0 saturated carbocycles. The third kappa shape index (κ3) is 4.87. The van der Waals surface area contributed by atoms with Crippen LogP contribution in [0.15, 0.2) is 54.6 Å². The number of ether oxygens (including phenoxy) is 2. The highest BCUT2D eigenvalue weighted by Gasteiger charge is 2.28. The molecule has 0 spiro atoms. The molecular weight excluding hydrogens is 419 g/mol. The monoisotopic (exact) mass is 448 g/mol. The summed E-state index contributed by atoms with van der Waals surface area (Å²) in [5.41, 5.74) is 5.40. The Morgan fingerprint density at radius 3 is 2.48 bits per heavy atom. The van der Waals surface area contributed by atoms with Gasteiger partial charge < -0.3 is 14.6 Å². The van der Waals surface area contributed by atoms with E-state index in [-0.39, 0.29) is 23.6 Å². The van der Waals surface area contributed by atoms with E-state index in [2.05, 4.69) is 26.8 Å². The minimum atomic E-state index is -0.778. The number of carbonyl (C=O) groups is 1. The van der Waals surface area contributed by atoms with Gasteiger partial charge in [0.2, 0.25) is 0 Å². The third-order valence-corrected chi connectivity index (χ3v) is 6.21. The van der Waals surface area contributed by atoms with Gasteiger partial charge >= 0.3 is 5.97 Å². The highest BCUT2D eigenvalue weighted by atomic mass is 19.1. The van der Waals surface area contributed by atoms with Crippen LogP contribution in [0.25, 0.3) is 11.1 Å². The number of fused-ring (bicyclic) bond motifs is 1. The second-order valence-electron chi connectivity index (χ2n) is 9.62. The topological polar surface area (TPSA) is 55.8 Å². The van der Waals surface area contributed by atoms with Crippen LogP contribution in [0.1, 0.15) is 55.4 Å². The molecule has 4 rings (SSSR count). The molecule has 0 saturated heterocycles. The Bertz CT molecular complexity index is 1190. The summed E-state index contributed by atoms with van der Waals surface area (Å²) >= 11 is 0. The molecule has 5 heteroatoms. The molecule has 0 radical (unpaired) electrons. The third-order valence-electron chi connectivity index (χ3n) is 6.21. The number of halogens is 1. The summed E-state index contributed by atoms with van der Waals surface area (Å²) in [6.07, 6.45) is 0.951. The molecule has 3 aromatic rings. The van der Waals surface area contributed by atoms with Crippen molar-refractivity contribution in [3.63, 3.8) is 0 Å². The first-order valence-corrected chi connectivity index (χ1v) is 11.1. The molecule has 0 aromatic heterocycles. The summed E-state index contributed by atoms with van der Waals surface area (Å²) < 4.78 is 26.0. The SMILES string of the molecule is COc1ccc(F)c(-c2ccc(COc3ccc4c(c3)[C@H](CC(=O)O)C4)cc2C(C)(C)C)c1. The fraction of sp³-hybridized carbons (Fsp3) is 0.321. The second kappa shape index (κ2) is 8.89. The molecule has 172 valence electrons. The van der Waals surface area contributed by atoms with Crippen molar-refractivity contribution in [3.8, 4) is 22.6 Å². The molecule has 4 nitrogen and oxygen atoms in total. The van der Waals surface area contributed by atoms with Crippen LogP contribution in [-0.2, 0) is 23.2 Å². The Morgan fingerprint density at radius 2 is 1.79 bits per heavy atom. The van der Waals surface area contributed by atoms with E-state index < -0.39 is 5.97 Å². The van der Waals surface area contributed by atoms with Crippen LogP contribution in [0.2, 0.25) is 0 Å². The van der Waals surface area contributed by atoms with Crippen LogP contribution >= 0.6 is 0 Å². The first kappa shape index (κ1) is 22.8. The van der Waals surface area contributed by atoms with Crippen molar-refractivity contribution in [2.45, 2.75) is 51.6 Å². The predicted molar refractivity (Wildman–Crippen MR) is 127 cm³/mol. The van der Waals surface area contributed by atoms with E-state index in [1.54, 1.807) is 19.2 Å². The van der Waals surface area contributed by atoms with E-state index in [9.17, 15) is 9.18 Å². The Morgan fingerprint density at radius 1 is 1.03 bits per heavy atom. The Kier molecular flexibility index (Phi) is 6.15. The van der Waals surface area contributed by atoms with Gasteiger partial charge in [-0.15, -0.1) is 0 Å². The average Bonchev–Trinajstić information content (AvgIpc) is 2.76. The first-order valence-electron chi connectivity index (χ1n) is 11.1. The maximum absolute atomic E-state index is 14.7. The van der Waals surface area contributed by atoms with Crippen molar-refractivity contribution >= 4 is 5.97 Å². The van der Waals surface area contributed by atoms with Crippen LogP contribution in [-0.4, -0.2) is 18.2 Å². The standard InChI is InChI=1S/C28H29FO4/c1-28(2,3)25-11-17(5-9-22(25)24-14-20(32-4)8-10-26(24)29)16-33-21-7-6-18-12-19(13-27(30)31)23(18)15-21/h5-11,14-15,19H,12-13,16H2,1-4H3,(H,30,31)/t19-/m0/s1. The molecule has 1 atom stereocenters. The number of aliphatic carboxylic acids is 1. The van der Waals surface area contributed by atoms with Gasteiger partial charge in [0.25, 0.3) is 0 Å². The molecular formula is C28H29FO4. The van der Waals surface area contributed by atoms with Crippen molar-refractivity contribution < 1.29 is 23.8 Å². The van der Waals surface area contributed by atoms with E-state index >= 15 is 0 Å². The number of methoxy groups -OCH3 is 1. The summed E-state index contributed by atoms with van der Waals surface area (Å²) in [6, 6.07) is 16.6.